The van der Waals surface area contributed by atoms with Crippen LogP contribution < -0.4 is 5.56 Å². The topological polar surface area (TPSA) is 73.3 Å². The average molecular weight is 232 g/mol. The number of aromatic nitrogens is 1. The van der Waals surface area contributed by atoms with Gasteiger partial charge < -0.3 is 15.2 Å². The third-order valence-electron chi connectivity index (χ3n) is 2.25. The van der Waals surface area contributed by atoms with E-state index >= 15 is 0 Å². The first kappa shape index (κ1) is 12.2. The zero-order valence-corrected chi connectivity index (χ0v) is 9.16. The van der Waals surface area contributed by atoms with Crippen LogP contribution in [0.15, 0.2) is 16.9 Å². The molecule has 0 saturated heterocycles. The summed E-state index contributed by atoms with van der Waals surface area (Å²) >= 11 is 5.46. The number of aliphatic hydroxyl groups is 2. The van der Waals surface area contributed by atoms with E-state index in [-0.39, 0.29) is 11.4 Å². The zero-order chi connectivity index (χ0) is 11.4. The lowest BCUT2D eigenvalue weighted by Gasteiger charge is -2.18. The van der Waals surface area contributed by atoms with Crippen molar-refractivity contribution in [2.75, 3.05) is 5.88 Å². The molecule has 0 aliphatic heterocycles. The fourth-order valence-corrected chi connectivity index (χ4v) is 1.61. The predicted octanol–water partition coefficient (Wildman–Crippen LogP) is 0.707. The van der Waals surface area contributed by atoms with E-state index in [0.29, 0.717) is 17.7 Å². The summed E-state index contributed by atoms with van der Waals surface area (Å²) in [5, 5.41) is 19.3. The Labute approximate surface area is 92.5 Å². The van der Waals surface area contributed by atoms with Gasteiger partial charge in [-0.1, -0.05) is 0 Å². The summed E-state index contributed by atoms with van der Waals surface area (Å²) in [5.74, 6) is 0.278. The van der Waals surface area contributed by atoms with Gasteiger partial charge in [0.1, 0.15) is 6.10 Å². The van der Waals surface area contributed by atoms with Crippen LogP contribution in [0.3, 0.4) is 0 Å². The van der Waals surface area contributed by atoms with Crippen LogP contribution in [-0.4, -0.2) is 27.2 Å². The predicted molar refractivity (Wildman–Crippen MR) is 58.1 cm³/mol. The second kappa shape index (κ2) is 5.30. The molecule has 1 heterocycles. The highest BCUT2D eigenvalue weighted by Crippen LogP contribution is 2.20. The van der Waals surface area contributed by atoms with Crippen molar-refractivity contribution in [2.24, 2.45) is 0 Å². The Morgan fingerprint density at radius 1 is 1.47 bits per heavy atom. The van der Waals surface area contributed by atoms with Gasteiger partial charge in [-0.2, -0.15) is 0 Å². The van der Waals surface area contributed by atoms with E-state index in [1.165, 1.54) is 12.1 Å². The van der Waals surface area contributed by atoms with Gasteiger partial charge in [0, 0.05) is 23.2 Å². The highest BCUT2D eigenvalue weighted by atomic mass is 35.5. The minimum atomic E-state index is -1.01. The van der Waals surface area contributed by atoms with Crippen LogP contribution >= 0.6 is 11.6 Å². The maximum atomic E-state index is 10.9. The largest absolute Gasteiger partial charge is 0.390 e. The van der Waals surface area contributed by atoms with Crippen molar-refractivity contribution < 1.29 is 10.2 Å². The monoisotopic (exact) mass is 231 g/mol. The molecule has 0 bridgehead atoms. The number of alkyl halides is 1. The molecular weight excluding hydrogens is 218 g/mol. The lowest BCUT2D eigenvalue weighted by molar-refractivity contribution is 0.0164. The lowest BCUT2D eigenvalue weighted by Crippen LogP contribution is -2.21. The molecule has 84 valence electrons. The summed E-state index contributed by atoms with van der Waals surface area (Å²) in [6.45, 7) is 1.67. The first-order valence-electron chi connectivity index (χ1n) is 4.68. The van der Waals surface area contributed by atoms with E-state index in [9.17, 15) is 15.0 Å². The molecule has 1 rings (SSSR count). The molecule has 0 aliphatic carbocycles. The van der Waals surface area contributed by atoms with Crippen molar-refractivity contribution in [3.8, 4) is 0 Å². The number of nitrogens with one attached hydrogen (secondary N) is 1. The van der Waals surface area contributed by atoms with E-state index in [1.807, 2.05) is 0 Å². The molecule has 0 saturated carbocycles. The quantitative estimate of drug-likeness (QED) is 0.668. The van der Waals surface area contributed by atoms with Gasteiger partial charge in [-0.15, -0.1) is 11.6 Å². The molecule has 0 amide bonds. The number of hydrogen-bond acceptors (Lipinski definition) is 3. The number of H-pyrrole nitrogens is 1. The Balaban J connectivity index is 2.90. The Morgan fingerprint density at radius 2 is 2.13 bits per heavy atom. The molecule has 2 atom stereocenters. The molecule has 0 spiro atoms. The molecule has 3 N–H and O–H groups in total. The van der Waals surface area contributed by atoms with Gasteiger partial charge in [0.2, 0.25) is 5.56 Å². The second-order valence-corrected chi connectivity index (χ2v) is 3.77. The zero-order valence-electron chi connectivity index (χ0n) is 8.40. The van der Waals surface area contributed by atoms with Crippen LogP contribution in [0.4, 0.5) is 0 Å². The van der Waals surface area contributed by atoms with Gasteiger partial charge in [0.15, 0.2) is 0 Å². The SMILES string of the molecule is Cc1[nH]c(=O)ccc1C(O)C(O)CCCl. The standard InChI is InChI=1S/C10H14ClNO3/c1-6-7(2-3-9(14)12-6)10(15)8(13)4-5-11/h2-3,8,10,13,15H,4-5H2,1H3,(H,12,14). The van der Waals surface area contributed by atoms with E-state index in [4.69, 9.17) is 11.6 Å². The average Bonchev–Trinajstić information content (AvgIpc) is 2.17. The van der Waals surface area contributed by atoms with Crippen LogP contribution in [0, 0.1) is 6.92 Å². The Hall–Kier alpha value is -0.840. The first-order chi connectivity index (χ1) is 7.06. The number of aromatic amines is 1. The van der Waals surface area contributed by atoms with Crippen molar-refractivity contribution in [2.45, 2.75) is 25.6 Å². The Bertz CT molecular complexity index is 377. The van der Waals surface area contributed by atoms with Crippen LogP contribution in [-0.2, 0) is 0 Å². The number of halogens is 1. The van der Waals surface area contributed by atoms with Gasteiger partial charge in [-0.3, -0.25) is 4.79 Å². The van der Waals surface area contributed by atoms with Crippen molar-refractivity contribution in [3.63, 3.8) is 0 Å². The smallest absolute Gasteiger partial charge is 0.248 e. The molecule has 0 aliphatic rings. The van der Waals surface area contributed by atoms with E-state index in [1.54, 1.807) is 6.92 Å². The molecule has 1 aromatic rings. The highest BCUT2D eigenvalue weighted by molar-refractivity contribution is 6.17. The molecule has 15 heavy (non-hydrogen) atoms. The highest BCUT2D eigenvalue weighted by Gasteiger charge is 2.19. The lowest BCUT2D eigenvalue weighted by atomic mass is 10.0. The summed E-state index contributed by atoms with van der Waals surface area (Å²) in [5.41, 5.74) is 0.853. The van der Waals surface area contributed by atoms with Gasteiger partial charge in [-0.05, 0) is 19.4 Å². The number of rotatable bonds is 4. The normalized spacial score (nSPS) is 14.9. The maximum absolute atomic E-state index is 10.9. The minimum Gasteiger partial charge on any atom is -0.390 e. The molecule has 0 aromatic carbocycles. The van der Waals surface area contributed by atoms with E-state index < -0.39 is 12.2 Å². The van der Waals surface area contributed by atoms with Crippen LogP contribution in [0.2, 0.25) is 0 Å². The van der Waals surface area contributed by atoms with Crippen LogP contribution in [0.5, 0.6) is 0 Å². The van der Waals surface area contributed by atoms with E-state index in [0.717, 1.165) is 0 Å². The van der Waals surface area contributed by atoms with Gasteiger partial charge in [-0.25, -0.2) is 0 Å². The molecule has 1 aromatic heterocycles. The molecule has 0 radical (unpaired) electrons. The van der Waals surface area contributed by atoms with Crippen molar-refractivity contribution in [3.05, 3.63) is 33.7 Å². The third-order valence-corrected chi connectivity index (χ3v) is 2.46. The van der Waals surface area contributed by atoms with Crippen molar-refractivity contribution in [1.82, 2.24) is 4.98 Å². The summed E-state index contributed by atoms with van der Waals surface area (Å²) in [6.07, 6.45) is -1.62. The van der Waals surface area contributed by atoms with Gasteiger partial charge in [0.05, 0.1) is 6.10 Å². The summed E-state index contributed by atoms with van der Waals surface area (Å²) in [4.78, 5) is 13.5. The fraction of sp³-hybridized carbons (Fsp3) is 0.500. The van der Waals surface area contributed by atoms with Crippen LogP contribution in [0.25, 0.3) is 0 Å². The number of aliphatic hydroxyl groups excluding tert-OH is 2. The molecule has 5 heteroatoms. The first-order valence-corrected chi connectivity index (χ1v) is 5.21. The minimum absolute atomic E-state index is 0.227. The third kappa shape index (κ3) is 3.06. The summed E-state index contributed by atoms with van der Waals surface area (Å²) in [7, 11) is 0. The molecule has 2 unspecified atom stereocenters. The second-order valence-electron chi connectivity index (χ2n) is 3.39. The number of aryl methyl sites for hydroxylation is 1. The summed E-state index contributed by atoms with van der Waals surface area (Å²) in [6, 6.07) is 2.83. The summed E-state index contributed by atoms with van der Waals surface area (Å²) < 4.78 is 0. The van der Waals surface area contributed by atoms with Crippen molar-refractivity contribution in [1.29, 1.82) is 0 Å². The van der Waals surface area contributed by atoms with E-state index in [2.05, 4.69) is 4.98 Å². The van der Waals surface area contributed by atoms with Gasteiger partial charge >= 0.3 is 0 Å². The molecule has 4 nitrogen and oxygen atoms in total. The van der Waals surface area contributed by atoms with Crippen LogP contribution in [0.1, 0.15) is 23.8 Å². The maximum Gasteiger partial charge on any atom is 0.248 e. The number of hydrogen-bond donors (Lipinski definition) is 3. The number of pyridine rings is 1. The Morgan fingerprint density at radius 3 is 2.67 bits per heavy atom. The fourth-order valence-electron chi connectivity index (χ4n) is 1.39. The Kier molecular flexibility index (Phi) is 4.32. The van der Waals surface area contributed by atoms with Crippen molar-refractivity contribution >= 4 is 11.6 Å². The van der Waals surface area contributed by atoms with Gasteiger partial charge in [0.25, 0.3) is 0 Å². The molecule has 0 fully saturated rings. The molecular formula is C10H14ClNO3.